The molecule has 2 aliphatic carbocycles. The average molecular weight is 224 g/mol. The molecule has 4 N–H and O–H groups in total. The molecule has 16 heavy (non-hydrogen) atoms. The zero-order valence-corrected chi connectivity index (χ0v) is 10.0. The molecule has 4 heteroatoms. The summed E-state index contributed by atoms with van der Waals surface area (Å²) in [6.07, 6.45) is 10.6. The molecule has 0 atom stereocenters. The molecule has 0 heterocycles. The number of hydrazine groups is 1. The minimum atomic E-state index is 0.582. The molecule has 0 bridgehead atoms. The molecule has 0 amide bonds. The Morgan fingerprint density at radius 3 is 2.56 bits per heavy atom. The van der Waals surface area contributed by atoms with E-state index in [1.807, 2.05) is 0 Å². The van der Waals surface area contributed by atoms with E-state index in [4.69, 9.17) is 5.84 Å². The Hall–Kier alpha value is -0.770. The van der Waals surface area contributed by atoms with Gasteiger partial charge in [-0.1, -0.05) is 25.7 Å². The third-order valence-corrected chi connectivity index (χ3v) is 3.57. The van der Waals surface area contributed by atoms with Crippen molar-refractivity contribution in [2.24, 2.45) is 16.8 Å². The second-order valence-corrected chi connectivity index (χ2v) is 5.09. The van der Waals surface area contributed by atoms with Crippen molar-refractivity contribution >= 4 is 5.96 Å². The van der Waals surface area contributed by atoms with E-state index in [2.05, 4.69) is 15.7 Å². The third-order valence-electron chi connectivity index (χ3n) is 3.57. The normalized spacial score (nSPS) is 22.4. The fraction of sp³-hybridized carbons (Fsp3) is 0.917. The first kappa shape index (κ1) is 11.7. The zero-order valence-electron chi connectivity index (χ0n) is 10.0. The molecular weight excluding hydrogens is 200 g/mol. The van der Waals surface area contributed by atoms with Gasteiger partial charge < -0.3 is 5.32 Å². The molecule has 2 saturated carbocycles. The summed E-state index contributed by atoms with van der Waals surface area (Å²) in [6, 6.07) is 0.582. The standard InChI is InChI=1S/C12H24N4/c13-16-12(15-11-5-1-2-6-11)14-9-3-4-10-7-8-10/h10-11H,1-9,13H2,(H2,14,15,16). The maximum absolute atomic E-state index is 5.46. The molecular formula is C12H24N4. The van der Waals surface area contributed by atoms with Gasteiger partial charge in [-0.25, -0.2) is 5.84 Å². The molecule has 0 spiro atoms. The van der Waals surface area contributed by atoms with Crippen molar-refractivity contribution in [2.45, 2.75) is 57.4 Å². The number of hydrogen-bond acceptors (Lipinski definition) is 2. The minimum Gasteiger partial charge on any atom is -0.353 e. The van der Waals surface area contributed by atoms with Gasteiger partial charge in [0.25, 0.3) is 0 Å². The summed E-state index contributed by atoms with van der Waals surface area (Å²) in [5, 5.41) is 3.38. The van der Waals surface area contributed by atoms with E-state index < -0.39 is 0 Å². The molecule has 0 unspecified atom stereocenters. The highest BCUT2D eigenvalue weighted by molar-refractivity contribution is 5.79. The second-order valence-electron chi connectivity index (χ2n) is 5.09. The van der Waals surface area contributed by atoms with E-state index in [0.29, 0.717) is 6.04 Å². The van der Waals surface area contributed by atoms with E-state index in [1.165, 1.54) is 51.4 Å². The van der Waals surface area contributed by atoms with Crippen LogP contribution in [0.3, 0.4) is 0 Å². The van der Waals surface area contributed by atoms with Crippen molar-refractivity contribution in [3.63, 3.8) is 0 Å². The van der Waals surface area contributed by atoms with Crippen molar-refractivity contribution in [3.05, 3.63) is 0 Å². The van der Waals surface area contributed by atoms with Crippen molar-refractivity contribution in [1.82, 2.24) is 10.7 Å². The number of nitrogens with zero attached hydrogens (tertiary/aromatic N) is 1. The van der Waals surface area contributed by atoms with Crippen LogP contribution in [0.25, 0.3) is 0 Å². The van der Waals surface area contributed by atoms with Crippen LogP contribution >= 0.6 is 0 Å². The highest BCUT2D eigenvalue weighted by Crippen LogP contribution is 2.33. The van der Waals surface area contributed by atoms with Crippen LogP contribution in [0.4, 0.5) is 0 Å². The summed E-state index contributed by atoms with van der Waals surface area (Å²) in [5.41, 5.74) is 2.67. The van der Waals surface area contributed by atoms with Gasteiger partial charge in [-0.3, -0.25) is 10.4 Å². The number of nitrogens with two attached hydrogens (primary N) is 1. The quantitative estimate of drug-likeness (QED) is 0.218. The molecule has 0 aliphatic heterocycles. The van der Waals surface area contributed by atoms with Crippen LogP contribution in [-0.2, 0) is 0 Å². The lowest BCUT2D eigenvalue weighted by atomic mass is 10.2. The predicted molar refractivity (Wildman–Crippen MR) is 67.0 cm³/mol. The summed E-state index contributed by atoms with van der Waals surface area (Å²) in [4.78, 5) is 4.47. The summed E-state index contributed by atoms with van der Waals surface area (Å²) in [7, 11) is 0. The predicted octanol–water partition coefficient (Wildman–Crippen LogP) is 1.53. The van der Waals surface area contributed by atoms with Gasteiger partial charge in [0.2, 0.25) is 5.96 Å². The van der Waals surface area contributed by atoms with E-state index in [1.54, 1.807) is 0 Å². The number of aliphatic imine (C=N–C) groups is 1. The van der Waals surface area contributed by atoms with Crippen LogP contribution in [0.1, 0.15) is 51.4 Å². The van der Waals surface area contributed by atoms with E-state index in [9.17, 15) is 0 Å². The lowest BCUT2D eigenvalue weighted by molar-refractivity contribution is 0.610. The van der Waals surface area contributed by atoms with Gasteiger partial charge in [-0.05, 0) is 31.6 Å². The SMILES string of the molecule is NNC(=NCCCC1CC1)NC1CCCC1. The fourth-order valence-electron chi connectivity index (χ4n) is 2.37. The lowest BCUT2D eigenvalue weighted by Gasteiger charge is -2.14. The summed E-state index contributed by atoms with van der Waals surface area (Å²) < 4.78 is 0. The van der Waals surface area contributed by atoms with Gasteiger partial charge in [0.1, 0.15) is 0 Å². The first-order chi connectivity index (χ1) is 7.88. The minimum absolute atomic E-state index is 0.582. The van der Waals surface area contributed by atoms with Crippen LogP contribution in [0.2, 0.25) is 0 Å². The van der Waals surface area contributed by atoms with Gasteiger partial charge in [-0.2, -0.15) is 0 Å². The van der Waals surface area contributed by atoms with Gasteiger partial charge in [0.05, 0.1) is 0 Å². The number of rotatable bonds is 5. The first-order valence-electron chi connectivity index (χ1n) is 6.66. The summed E-state index contributed by atoms with van der Waals surface area (Å²) in [5.74, 6) is 7.25. The van der Waals surface area contributed by atoms with Crippen molar-refractivity contribution < 1.29 is 0 Å². The third kappa shape index (κ3) is 4.00. The van der Waals surface area contributed by atoms with Crippen LogP contribution in [0, 0.1) is 5.92 Å². The van der Waals surface area contributed by atoms with Gasteiger partial charge in [0.15, 0.2) is 0 Å². The molecule has 2 fully saturated rings. The molecule has 0 saturated heterocycles. The topological polar surface area (TPSA) is 62.4 Å². The van der Waals surface area contributed by atoms with Gasteiger partial charge in [-0.15, -0.1) is 0 Å². The van der Waals surface area contributed by atoms with Crippen molar-refractivity contribution in [3.8, 4) is 0 Å². The summed E-state index contributed by atoms with van der Waals surface area (Å²) in [6.45, 7) is 0.899. The second kappa shape index (κ2) is 6.09. The monoisotopic (exact) mass is 224 g/mol. The Balaban J connectivity index is 1.63. The van der Waals surface area contributed by atoms with Crippen LogP contribution in [-0.4, -0.2) is 18.5 Å². The van der Waals surface area contributed by atoms with Crippen molar-refractivity contribution in [2.75, 3.05) is 6.54 Å². The molecule has 0 radical (unpaired) electrons. The Morgan fingerprint density at radius 1 is 1.19 bits per heavy atom. The number of hydrogen-bond donors (Lipinski definition) is 3. The van der Waals surface area contributed by atoms with E-state index in [-0.39, 0.29) is 0 Å². The lowest BCUT2D eigenvalue weighted by Crippen LogP contribution is -2.45. The first-order valence-corrected chi connectivity index (χ1v) is 6.66. The fourth-order valence-corrected chi connectivity index (χ4v) is 2.37. The van der Waals surface area contributed by atoms with Crippen LogP contribution in [0.15, 0.2) is 4.99 Å². The Morgan fingerprint density at radius 2 is 1.94 bits per heavy atom. The van der Waals surface area contributed by atoms with Crippen molar-refractivity contribution in [1.29, 1.82) is 0 Å². The maximum Gasteiger partial charge on any atom is 0.205 e. The smallest absolute Gasteiger partial charge is 0.205 e. The van der Waals surface area contributed by atoms with Crippen LogP contribution in [0.5, 0.6) is 0 Å². The Bertz CT molecular complexity index is 229. The molecule has 0 aromatic heterocycles. The highest BCUT2D eigenvalue weighted by Gasteiger charge is 2.20. The highest BCUT2D eigenvalue weighted by atomic mass is 15.3. The molecule has 2 aliphatic rings. The summed E-state index contributed by atoms with van der Waals surface area (Å²) >= 11 is 0. The molecule has 0 aromatic rings. The van der Waals surface area contributed by atoms with Gasteiger partial charge >= 0.3 is 0 Å². The Labute approximate surface area is 98.0 Å². The molecule has 2 rings (SSSR count). The Kier molecular flexibility index (Phi) is 4.45. The van der Waals surface area contributed by atoms with Gasteiger partial charge in [0, 0.05) is 12.6 Å². The zero-order chi connectivity index (χ0) is 11.2. The maximum atomic E-state index is 5.46. The van der Waals surface area contributed by atoms with Crippen LogP contribution < -0.4 is 16.6 Å². The number of nitrogens with one attached hydrogen (secondary N) is 2. The van der Waals surface area contributed by atoms with E-state index >= 15 is 0 Å². The molecule has 0 aromatic carbocycles. The largest absolute Gasteiger partial charge is 0.353 e. The average Bonchev–Trinajstić information content (AvgIpc) is 2.99. The molecule has 92 valence electrons. The number of guanidine groups is 1. The van der Waals surface area contributed by atoms with E-state index in [0.717, 1.165) is 18.4 Å². The molecule has 4 nitrogen and oxygen atoms in total.